The molecule has 4 rings (SSSR count). The molecule has 30 heavy (non-hydrogen) atoms. The summed E-state index contributed by atoms with van der Waals surface area (Å²) in [6.07, 6.45) is 2.00. The van der Waals surface area contributed by atoms with Gasteiger partial charge in [-0.15, -0.1) is 11.3 Å². The standard InChI is InChI=1S/C23H32N2O4S/c1-17(2)29-20-13-18(14-21-19(20)3-12-30-21)22(26)24-15-23(4-8-27-9-5-23)16-25-6-10-28-11-7-25/h3,12-14,17H,4-11,15-16H2,1-2H3,(H,24,26). The van der Waals surface area contributed by atoms with Gasteiger partial charge in [-0.05, 0) is 50.3 Å². The third-order valence-electron chi connectivity index (χ3n) is 6.00. The highest BCUT2D eigenvalue weighted by Crippen LogP contribution is 2.34. The minimum atomic E-state index is -0.0354. The number of hydrogen-bond donors (Lipinski definition) is 1. The molecule has 164 valence electrons. The van der Waals surface area contributed by atoms with E-state index in [0.717, 1.165) is 74.7 Å². The molecule has 1 N–H and O–H groups in total. The average molecular weight is 433 g/mol. The zero-order valence-corrected chi connectivity index (χ0v) is 18.8. The number of carbonyl (C=O) groups is 1. The molecule has 7 heteroatoms. The first-order valence-corrected chi connectivity index (χ1v) is 11.8. The summed E-state index contributed by atoms with van der Waals surface area (Å²) in [6.45, 7) is 10.7. The van der Waals surface area contributed by atoms with E-state index in [4.69, 9.17) is 14.2 Å². The monoisotopic (exact) mass is 432 g/mol. The lowest BCUT2D eigenvalue weighted by Crippen LogP contribution is -2.50. The Morgan fingerprint density at radius 3 is 2.67 bits per heavy atom. The highest BCUT2D eigenvalue weighted by Gasteiger charge is 2.35. The molecular formula is C23H32N2O4S. The van der Waals surface area contributed by atoms with Crippen LogP contribution < -0.4 is 10.1 Å². The molecule has 2 saturated heterocycles. The van der Waals surface area contributed by atoms with Gasteiger partial charge in [0.05, 0.1) is 19.3 Å². The predicted octanol–water partition coefficient (Wildman–Crippen LogP) is 3.55. The Bertz CT molecular complexity index is 854. The summed E-state index contributed by atoms with van der Waals surface area (Å²) in [5, 5.41) is 6.34. The molecule has 6 nitrogen and oxygen atoms in total. The van der Waals surface area contributed by atoms with E-state index >= 15 is 0 Å². The molecule has 0 bridgehead atoms. The number of nitrogens with one attached hydrogen (secondary N) is 1. The maximum absolute atomic E-state index is 13.1. The first kappa shape index (κ1) is 21.6. The normalized spacial score (nSPS) is 19.8. The minimum absolute atomic E-state index is 0.0354. The van der Waals surface area contributed by atoms with Crippen molar-refractivity contribution in [2.24, 2.45) is 5.41 Å². The average Bonchev–Trinajstić information content (AvgIpc) is 3.22. The maximum atomic E-state index is 13.1. The Hall–Kier alpha value is -1.67. The zero-order chi connectivity index (χ0) is 21.0. The van der Waals surface area contributed by atoms with Crippen molar-refractivity contribution in [2.75, 3.05) is 52.6 Å². The van der Waals surface area contributed by atoms with Crippen molar-refractivity contribution in [1.29, 1.82) is 0 Å². The van der Waals surface area contributed by atoms with Crippen molar-refractivity contribution in [3.05, 3.63) is 29.1 Å². The molecule has 0 aliphatic carbocycles. The van der Waals surface area contributed by atoms with Crippen molar-refractivity contribution >= 4 is 27.3 Å². The molecule has 2 aliphatic heterocycles. The number of fused-ring (bicyclic) bond motifs is 1. The van der Waals surface area contributed by atoms with Crippen LogP contribution in [0.5, 0.6) is 5.75 Å². The fraction of sp³-hybridized carbons (Fsp3) is 0.609. The number of nitrogens with zero attached hydrogens (tertiary/aromatic N) is 1. The van der Waals surface area contributed by atoms with Gasteiger partial charge in [0.1, 0.15) is 5.75 Å². The van der Waals surface area contributed by atoms with E-state index in [1.807, 2.05) is 31.4 Å². The van der Waals surface area contributed by atoms with Gasteiger partial charge in [-0.2, -0.15) is 0 Å². The molecule has 0 atom stereocenters. The van der Waals surface area contributed by atoms with Crippen molar-refractivity contribution in [3.63, 3.8) is 0 Å². The van der Waals surface area contributed by atoms with E-state index in [-0.39, 0.29) is 17.4 Å². The molecule has 2 aromatic rings. The first-order valence-electron chi connectivity index (χ1n) is 10.9. The van der Waals surface area contributed by atoms with E-state index in [0.29, 0.717) is 12.1 Å². The number of ether oxygens (including phenoxy) is 3. The van der Waals surface area contributed by atoms with E-state index in [2.05, 4.69) is 16.3 Å². The Kier molecular flexibility index (Phi) is 6.93. The highest BCUT2D eigenvalue weighted by atomic mass is 32.1. The summed E-state index contributed by atoms with van der Waals surface area (Å²) >= 11 is 1.63. The van der Waals surface area contributed by atoms with Crippen molar-refractivity contribution in [1.82, 2.24) is 10.2 Å². The quantitative estimate of drug-likeness (QED) is 0.725. The Balaban J connectivity index is 1.47. The molecule has 3 heterocycles. The van der Waals surface area contributed by atoms with Crippen molar-refractivity contribution < 1.29 is 19.0 Å². The minimum Gasteiger partial charge on any atom is -0.490 e. The number of amides is 1. The van der Waals surface area contributed by atoms with Gasteiger partial charge in [-0.3, -0.25) is 9.69 Å². The van der Waals surface area contributed by atoms with Gasteiger partial charge >= 0.3 is 0 Å². The van der Waals surface area contributed by atoms with Crippen LogP contribution in [-0.4, -0.2) is 69.5 Å². The molecule has 0 radical (unpaired) electrons. The van der Waals surface area contributed by atoms with Gasteiger partial charge in [0.15, 0.2) is 0 Å². The first-order chi connectivity index (χ1) is 14.5. The summed E-state index contributed by atoms with van der Waals surface area (Å²) < 4.78 is 18.2. The second-order valence-corrected chi connectivity index (χ2v) is 9.60. The zero-order valence-electron chi connectivity index (χ0n) is 17.9. The molecule has 0 unspecified atom stereocenters. The molecule has 1 aromatic carbocycles. The third-order valence-corrected chi connectivity index (χ3v) is 6.86. The fourth-order valence-electron chi connectivity index (χ4n) is 4.32. The number of benzene rings is 1. The number of carbonyl (C=O) groups excluding carboxylic acids is 1. The molecular weight excluding hydrogens is 400 g/mol. The second-order valence-electron chi connectivity index (χ2n) is 8.66. The molecule has 2 fully saturated rings. The summed E-state index contributed by atoms with van der Waals surface area (Å²) in [6, 6.07) is 5.91. The van der Waals surface area contributed by atoms with Crippen molar-refractivity contribution in [3.8, 4) is 5.75 Å². The van der Waals surface area contributed by atoms with Crippen LogP contribution in [0.3, 0.4) is 0 Å². The summed E-state index contributed by atoms with van der Waals surface area (Å²) in [5.74, 6) is 0.745. The van der Waals surface area contributed by atoms with E-state index in [1.165, 1.54) is 0 Å². The summed E-state index contributed by atoms with van der Waals surface area (Å²) in [4.78, 5) is 15.6. The van der Waals surface area contributed by atoms with Crippen LogP contribution in [0.4, 0.5) is 0 Å². The molecule has 1 aromatic heterocycles. The topological polar surface area (TPSA) is 60.0 Å². The fourth-order valence-corrected chi connectivity index (χ4v) is 5.16. The Labute approximate surface area is 182 Å². The lowest BCUT2D eigenvalue weighted by atomic mass is 9.79. The van der Waals surface area contributed by atoms with Gasteiger partial charge in [0, 0.05) is 60.5 Å². The van der Waals surface area contributed by atoms with Gasteiger partial charge in [-0.25, -0.2) is 0 Å². The van der Waals surface area contributed by atoms with Crippen LogP contribution in [0.25, 0.3) is 10.1 Å². The van der Waals surface area contributed by atoms with E-state index in [1.54, 1.807) is 11.3 Å². The Morgan fingerprint density at radius 1 is 1.20 bits per heavy atom. The van der Waals surface area contributed by atoms with Gasteiger partial charge in [-0.1, -0.05) is 0 Å². The van der Waals surface area contributed by atoms with Gasteiger partial charge < -0.3 is 19.5 Å². The molecule has 0 saturated carbocycles. The molecule has 2 aliphatic rings. The van der Waals surface area contributed by atoms with E-state index in [9.17, 15) is 4.79 Å². The van der Waals surface area contributed by atoms with Crippen LogP contribution in [0.2, 0.25) is 0 Å². The predicted molar refractivity (Wildman–Crippen MR) is 120 cm³/mol. The molecule has 0 spiro atoms. The third kappa shape index (κ3) is 5.14. The number of hydrogen-bond acceptors (Lipinski definition) is 6. The second kappa shape index (κ2) is 9.64. The highest BCUT2D eigenvalue weighted by molar-refractivity contribution is 7.17. The number of thiophene rings is 1. The van der Waals surface area contributed by atoms with Crippen LogP contribution in [-0.2, 0) is 9.47 Å². The summed E-state index contributed by atoms with van der Waals surface area (Å²) in [5.41, 5.74) is 0.712. The lowest BCUT2D eigenvalue weighted by molar-refractivity contribution is -0.0283. The smallest absolute Gasteiger partial charge is 0.251 e. The van der Waals surface area contributed by atoms with Crippen LogP contribution >= 0.6 is 11.3 Å². The van der Waals surface area contributed by atoms with Crippen molar-refractivity contribution in [2.45, 2.75) is 32.8 Å². The summed E-state index contributed by atoms with van der Waals surface area (Å²) in [7, 11) is 0. The largest absolute Gasteiger partial charge is 0.490 e. The lowest BCUT2D eigenvalue weighted by Gasteiger charge is -2.42. The Morgan fingerprint density at radius 2 is 1.93 bits per heavy atom. The SMILES string of the molecule is CC(C)Oc1cc(C(=O)NCC2(CN3CCOCC3)CCOCC2)cc2sccc12. The number of morpholine rings is 1. The molecule has 1 amide bonds. The van der Waals surface area contributed by atoms with Crippen LogP contribution in [0.15, 0.2) is 23.6 Å². The van der Waals surface area contributed by atoms with Gasteiger partial charge in [0.2, 0.25) is 0 Å². The maximum Gasteiger partial charge on any atom is 0.251 e. The number of rotatable bonds is 7. The van der Waals surface area contributed by atoms with E-state index < -0.39 is 0 Å². The van der Waals surface area contributed by atoms with Gasteiger partial charge in [0.25, 0.3) is 5.91 Å². The van der Waals surface area contributed by atoms with Crippen LogP contribution in [0.1, 0.15) is 37.0 Å². The van der Waals surface area contributed by atoms with Crippen LogP contribution in [0, 0.1) is 5.41 Å².